The number of pyridine rings is 3. The molecule has 0 bridgehead atoms. The maximum atomic E-state index is 5.11. The topological polar surface area (TPSA) is 155 Å². The zero-order chi connectivity index (χ0) is 96.3. The van der Waals surface area contributed by atoms with Crippen LogP contribution < -0.4 is 0 Å². The van der Waals surface area contributed by atoms with Crippen molar-refractivity contribution in [2.75, 3.05) is 0 Å². The van der Waals surface area contributed by atoms with Gasteiger partial charge in [0.1, 0.15) is 0 Å². The van der Waals surface area contributed by atoms with Crippen molar-refractivity contribution in [3.05, 3.63) is 495 Å². The van der Waals surface area contributed by atoms with Crippen molar-refractivity contribution >= 4 is 21.5 Å². The van der Waals surface area contributed by atoms with Crippen LogP contribution in [-0.4, -0.2) is 59.8 Å². The number of fused-ring (bicyclic) bond motifs is 13. The van der Waals surface area contributed by atoms with Crippen LogP contribution in [0.25, 0.3) is 224 Å². The Balaban J connectivity index is 0.000000116. The lowest BCUT2D eigenvalue weighted by Crippen LogP contribution is -2.15. The van der Waals surface area contributed by atoms with E-state index in [2.05, 4.69) is 409 Å². The summed E-state index contributed by atoms with van der Waals surface area (Å²) in [7, 11) is 0. The number of hydrogen-bond donors (Lipinski definition) is 0. The number of benzene rings is 17. The molecule has 3 aliphatic rings. The molecule has 0 atom stereocenters. The molecular formula is C131H94N12. The molecule has 678 valence electrons. The molecule has 12 nitrogen and oxygen atoms in total. The van der Waals surface area contributed by atoms with E-state index < -0.39 is 0 Å². The van der Waals surface area contributed by atoms with E-state index in [4.69, 9.17) is 49.8 Å². The fraction of sp³-hybridized carbons (Fsp3) is 0.0687. The van der Waals surface area contributed by atoms with Crippen molar-refractivity contribution in [3.63, 3.8) is 0 Å². The summed E-state index contributed by atoms with van der Waals surface area (Å²) in [6.45, 7) is 13.9. The smallest absolute Gasteiger partial charge is 0.165 e. The van der Waals surface area contributed by atoms with Crippen molar-refractivity contribution < 1.29 is 0 Å². The Hall–Kier alpha value is -18.3. The minimum absolute atomic E-state index is 0.0586. The summed E-state index contributed by atoms with van der Waals surface area (Å²) in [4.78, 5) is 59.0. The summed E-state index contributed by atoms with van der Waals surface area (Å²) >= 11 is 0. The molecule has 6 aromatic heterocycles. The SMILES string of the molecule is CC1(C)c2cc(-c3nc(-c4ccc(-c5ccccc5)cc4)nc(-c4ccc(-c5ccccc5)nc4)n3)ccc2-c2c1ccc1ccccc21.CC1(C)c2cc(-c3nc(-c4ccc(-c5ccccc5)cc4)nc(-c4ccc(-c5ccccn5)cc4)n3)ccc2-c2ccc3ccccc3c21.CC1(C)c2ccccc2-c2cc(-c3nc(-c4ccc(-c5ccccc5)cc4)nc(-c4ccc(-c5ccncc5)cc4)n3)ccc21. The summed E-state index contributed by atoms with van der Waals surface area (Å²) in [6, 6.07) is 153. The molecule has 23 aromatic rings. The van der Waals surface area contributed by atoms with Crippen molar-refractivity contribution in [1.82, 2.24) is 59.8 Å². The van der Waals surface area contributed by atoms with Gasteiger partial charge in [-0.1, -0.05) is 424 Å². The highest BCUT2D eigenvalue weighted by molar-refractivity contribution is 6.03. The van der Waals surface area contributed by atoms with Gasteiger partial charge in [-0.15, -0.1) is 0 Å². The van der Waals surface area contributed by atoms with E-state index >= 15 is 0 Å². The van der Waals surface area contributed by atoms with Gasteiger partial charge in [0.25, 0.3) is 0 Å². The van der Waals surface area contributed by atoms with E-state index in [1.807, 2.05) is 104 Å². The molecule has 0 N–H and O–H groups in total. The molecule has 0 saturated heterocycles. The highest BCUT2D eigenvalue weighted by Crippen LogP contribution is 2.55. The molecule has 0 unspecified atom stereocenters. The Labute approximate surface area is 831 Å². The second kappa shape index (κ2) is 36.6. The Bertz CT molecular complexity index is 8450. The second-order valence-electron chi connectivity index (χ2n) is 38.3. The van der Waals surface area contributed by atoms with Gasteiger partial charge in [0.15, 0.2) is 52.4 Å². The lowest BCUT2D eigenvalue weighted by atomic mass is 9.80. The lowest BCUT2D eigenvalue weighted by molar-refractivity contribution is 0.660. The van der Waals surface area contributed by atoms with Crippen LogP contribution in [0.2, 0.25) is 0 Å². The Morgan fingerprint density at radius 3 is 0.965 bits per heavy atom. The third-order valence-electron chi connectivity index (χ3n) is 28.5. The van der Waals surface area contributed by atoms with Gasteiger partial charge in [0, 0.05) is 102 Å². The van der Waals surface area contributed by atoms with Gasteiger partial charge < -0.3 is 0 Å². The van der Waals surface area contributed by atoms with E-state index in [0.29, 0.717) is 52.4 Å². The fourth-order valence-electron chi connectivity index (χ4n) is 20.8. The molecule has 26 rings (SSSR count). The molecule has 0 fully saturated rings. The van der Waals surface area contributed by atoms with Gasteiger partial charge in [-0.05, 0) is 187 Å². The molecular weight excluding hydrogens is 1740 g/mol. The van der Waals surface area contributed by atoms with Crippen LogP contribution in [0.1, 0.15) is 74.9 Å². The minimum atomic E-state index is -0.186. The Morgan fingerprint density at radius 1 is 0.168 bits per heavy atom. The zero-order valence-electron chi connectivity index (χ0n) is 79.7. The molecule has 0 spiro atoms. The van der Waals surface area contributed by atoms with Gasteiger partial charge in [-0.25, -0.2) is 44.9 Å². The van der Waals surface area contributed by atoms with Crippen LogP contribution in [0.3, 0.4) is 0 Å². The van der Waals surface area contributed by atoms with Crippen molar-refractivity contribution in [3.8, 4) is 203 Å². The van der Waals surface area contributed by atoms with Gasteiger partial charge in [-0.3, -0.25) is 15.0 Å². The van der Waals surface area contributed by atoms with E-state index in [0.717, 1.165) is 100 Å². The highest BCUT2D eigenvalue weighted by atomic mass is 15.1. The maximum Gasteiger partial charge on any atom is 0.165 e. The van der Waals surface area contributed by atoms with E-state index in [1.165, 1.54) is 105 Å². The lowest BCUT2D eigenvalue weighted by Gasteiger charge is -2.23. The van der Waals surface area contributed by atoms with Crippen LogP contribution in [-0.2, 0) is 16.2 Å². The van der Waals surface area contributed by atoms with Gasteiger partial charge >= 0.3 is 0 Å². The minimum Gasteiger partial charge on any atom is -0.265 e. The average molecular weight is 1840 g/mol. The average Bonchev–Trinajstić information content (AvgIpc) is 1.57. The Kier molecular flexibility index (Phi) is 22.4. The molecule has 0 radical (unpaired) electrons. The summed E-state index contributed by atoms with van der Waals surface area (Å²) < 4.78 is 0. The van der Waals surface area contributed by atoms with E-state index in [9.17, 15) is 0 Å². The molecule has 12 heteroatoms. The van der Waals surface area contributed by atoms with E-state index in [-0.39, 0.29) is 16.2 Å². The largest absolute Gasteiger partial charge is 0.265 e. The molecule has 143 heavy (non-hydrogen) atoms. The third-order valence-corrected chi connectivity index (χ3v) is 28.5. The quantitative estimate of drug-likeness (QED) is 0.0959. The van der Waals surface area contributed by atoms with Crippen LogP contribution >= 0.6 is 0 Å². The van der Waals surface area contributed by atoms with Crippen molar-refractivity contribution in [2.24, 2.45) is 0 Å². The first-order valence-corrected chi connectivity index (χ1v) is 48.5. The van der Waals surface area contributed by atoms with Crippen LogP contribution in [0.15, 0.2) is 462 Å². The van der Waals surface area contributed by atoms with Gasteiger partial charge in [0.2, 0.25) is 0 Å². The molecule has 3 aliphatic carbocycles. The molecule has 17 aromatic carbocycles. The molecule has 0 aliphatic heterocycles. The molecule has 0 amide bonds. The predicted molar refractivity (Wildman–Crippen MR) is 582 cm³/mol. The van der Waals surface area contributed by atoms with Gasteiger partial charge in [-0.2, -0.15) is 0 Å². The maximum absolute atomic E-state index is 5.11. The Morgan fingerprint density at radius 2 is 0.483 bits per heavy atom. The highest BCUT2D eigenvalue weighted by Gasteiger charge is 2.40. The summed E-state index contributed by atoms with van der Waals surface area (Å²) in [6.07, 6.45) is 7.30. The van der Waals surface area contributed by atoms with E-state index in [1.54, 1.807) is 0 Å². The van der Waals surface area contributed by atoms with Crippen LogP contribution in [0.4, 0.5) is 0 Å². The zero-order valence-corrected chi connectivity index (χ0v) is 79.7. The second-order valence-corrected chi connectivity index (χ2v) is 38.3. The summed E-state index contributed by atoms with van der Waals surface area (Å²) in [5.74, 6) is 5.73. The van der Waals surface area contributed by atoms with Crippen LogP contribution in [0.5, 0.6) is 0 Å². The molecule has 6 heterocycles. The normalized spacial score (nSPS) is 12.9. The summed E-state index contributed by atoms with van der Waals surface area (Å²) in [5.41, 5.74) is 36.8. The predicted octanol–water partition coefficient (Wildman–Crippen LogP) is 32.0. The van der Waals surface area contributed by atoms with Gasteiger partial charge in [0.05, 0.1) is 11.4 Å². The van der Waals surface area contributed by atoms with Crippen molar-refractivity contribution in [1.29, 1.82) is 0 Å². The third kappa shape index (κ3) is 16.7. The van der Waals surface area contributed by atoms with Crippen LogP contribution in [0, 0.1) is 0 Å². The first kappa shape index (κ1) is 87.5. The first-order chi connectivity index (χ1) is 70.1. The monoisotopic (exact) mass is 1830 g/mol. The number of nitrogens with zero attached hydrogens (tertiary/aromatic N) is 12. The number of rotatable bonds is 15. The first-order valence-electron chi connectivity index (χ1n) is 48.5. The number of hydrogen-bond acceptors (Lipinski definition) is 12. The van der Waals surface area contributed by atoms with Crippen molar-refractivity contribution in [2.45, 2.75) is 57.8 Å². The molecule has 0 saturated carbocycles. The standard InChI is InChI=1S/2C45H32N4.C41H30N4/c1-45(2)38-25-22-31-13-9-10-16-36(31)41(38)37-24-21-34(27-39(37)45)43-47-42(33-19-17-30(18-20-33)29-11-5-3-6-12-29)48-44(49-43)35-23-26-40(46-28-35)32-14-7-4-8-15-32;1-45(2)39-28-35(24-25-37(39)38-26-23-31-12-6-7-13-36(31)41(38)45)44-48-42(33-19-15-30(16-20-33)29-10-4-3-5-11-29)47-43(49-44)34-21-17-32(18-22-34)40-14-8-9-27-46-40;1-41(2)36-11-7-6-10-34(36)35-26-33(20-21-37(35)41)40-44-38(31-16-12-28(13-17-31)27-8-4-3-5-9-27)43-39(45-40)32-18-14-29(15-19-32)30-22-24-42-25-23-30/h2*3-28H,1-2H3;3-26H,1-2H3. The summed E-state index contributed by atoms with van der Waals surface area (Å²) in [5, 5.41) is 5.11. The number of aromatic nitrogens is 12. The fourth-order valence-corrected chi connectivity index (χ4v) is 20.8.